The molecule has 0 atom stereocenters. The maximum atomic E-state index is 3.61. The molecule has 0 aromatic carbocycles. The molecule has 2 aliphatic carbocycles. The van der Waals surface area contributed by atoms with E-state index in [1.165, 1.54) is 22.3 Å². The van der Waals surface area contributed by atoms with Crippen LogP contribution in [0.25, 0.3) is 0 Å². The summed E-state index contributed by atoms with van der Waals surface area (Å²) in [5.74, 6) is 0. The molecule has 20 heavy (non-hydrogen) atoms. The minimum atomic E-state index is 0. The Balaban J connectivity index is 0. The van der Waals surface area contributed by atoms with Crippen molar-refractivity contribution >= 4 is 5.43 Å². The predicted octanol–water partition coefficient (Wildman–Crippen LogP) is -1.23. The molecule has 0 bridgehead atoms. The Bertz CT molecular complexity index is 479. The van der Waals surface area contributed by atoms with Crippen LogP contribution >= 0.6 is 0 Å². The fraction of sp³-hybridized carbons (Fsp3) is 0.500. The minimum absolute atomic E-state index is 0. The molecule has 0 radical (unpaired) electrons. The molecule has 0 amide bonds. The molecule has 0 aliphatic heterocycles. The Kier molecular flexibility index (Phi) is 11.0. The molecule has 0 N–H and O–H groups in total. The van der Waals surface area contributed by atoms with Gasteiger partial charge in [-0.05, 0) is 0 Å². The van der Waals surface area contributed by atoms with Gasteiger partial charge in [-0.2, -0.15) is 17.2 Å². The standard InChI is InChI=1S/C14H17.C2H6Si.2ClH.Zr/c1-10-11(2)14(3,4)9-13(10)12-7-5-6-8-12;1-3-2;;;/h5-7H,8H2,1-4H3;1-2H3;2*1H;/q-1;;;;+2/p-2. The summed E-state index contributed by atoms with van der Waals surface area (Å²) in [7, 11) is 0. The Morgan fingerprint density at radius 1 is 1.20 bits per heavy atom. The van der Waals surface area contributed by atoms with E-state index in [0.717, 1.165) is 6.42 Å². The van der Waals surface area contributed by atoms with Gasteiger partial charge in [0, 0.05) is 0 Å². The molecule has 0 unspecified atom stereocenters. The van der Waals surface area contributed by atoms with E-state index >= 15 is 0 Å². The molecule has 0 heterocycles. The first-order valence-corrected chi connectivity index (χ1v) is 12.7. The molecule has 0 saturated carbocycles. The Hall–Kier alpha value is 0.640. The van der Waals surface area contributed by atoms with E-state index in [-0.39, 0.29) is 35.7 Å². The third-order valence-corrected chi connectivity index (χ3v) is 3.40. The van der Waals surface area contributed by atoms with Gasteiger partial charge in [0.25, 0.3) is 0 Å². The normalized spacial score (nSPS) is 18.4. The van der Waals surface area contributed by atoms with Gasteiger partial charge in [-0.25, -0.2) is 0 Å². The van der Waals surface area contributed by atoms with Crippen molar-refractivity contribution in [1.29, 1.82) is 0 Å². The summed E-state index contributed by atoms with van der Waals surface area (Å²) >= 11 is 1.74. The van der Waals surface area contributed by atoms with Crippen molar-refractivity contribution in [3.8, 4) is 0 Å². The number of halogens is 2. The van der Waals surface area contributed by atoms with Crippen molar-refractivity contribution in [2.75, 3.05) is 0 Å². The van der Waals surface area contributed by atoms with Crippen LogP contribution in [0, 0.1) is 11.5 Å². The van der Waals surface area contributed by atoms with Gasteiger partial charge in [0.15, 0.2) is 0 Å². The Morgan fingerprint density at radius 2 is 1.70 bits per heavy atom. The molecule has 0 nitrogen and oxygen atoms in total. The smallest absolute Gasteiger partial charge is 1.00 e. The van der Waals surface area contributed by atoms with E-state index in [0.29, 0.717) is 0 Å². The monoisotopic (exact) mass is 403 g/mol. The number of hydrogen-bond acceptors (Lipinski definition) is 0. The Labute approximate surface area is 152 Å². The SMILES string of the molecule is CC1=C(C)C(C)(C)[C-]=C1C1=CC=CC1.C[Si](C)=[Zr+2].[Cl-].[Cl-]. The second-order valence-corrected chi connectivity index (χ2v) is 15.1. The number of rotatable bonds is 1. The van der Waals surface area contributed by atoms with Gasteiger partial charge in [-0.1, -0.05) is 51.7 Å². The molecule has 0 aromatic rings. The number of hydrogen-bond donors (Lipinski definition) is 0. The molecule has 0 spiro atoms. The van der Waals surface area contributed by atoms with Gasteiger partial charge in [-0.15, -0.1) is 17.2 Å². The summed E-state index contributed by atoms with van der Waals surface area (Å²) in [4.78, 5) is 0. The van der Waals surface area contributed by atoms with Crippen LogP contribution in [0.2, 0.25) is 13.1 Å². The van der Waals surface area contributed by atoms with E-state index < -0.39 is 0 Å². The summed E-state index contributed by atoms with van der Waals surface area (Å²) in [5, 5.41) is 0. The van der Waals surface area contributed by atoms with Crippen molar-refractivity contribution in [1.82, 2.24) is 0 Å². The van der Waals surface area contributed by atoms with Crippen LogP contribution < -0.4 is 24.8 Å². The van der Waals surface area contributed by atoms with Gasteiger partial charge in [0.1, 0.15) is 0 Å². The van der Waals surface area contributed by atoms with Crippen molar-refractivity contribution in [2.24, 2.45) is 5.41 Å². The van der Waals surface area contributed by atoms with Crippen LogP contribution in [0.3, 0.4) is 0 Å². The average molecular weight is 406 g/mol. The summed E-state index contributed by atoms with van der Waals surface area (Å²) in [6.07, 6.45) is 11.2. The van der Waals surface area contributed by atoms with E-state index in [2.05, 4.69) is 65.1 Å². The third kappa shape index (κ3) is 6.18. The second kappa shape index (κ2) is 9.62. The average Bonchev–Trinajstić information content (AvgIpc) is 2.81. The fourth-order valence-corrected chi connectivity index (χ4v) is 2.11. The van der Waals surface area contributed by atoms with Crippen molar-refractivity contribution in [3.63, 3.8) is 0 Å². The van der Waals surface area contributed by atoms with Gasteiger partial charge < -0.3 is 24.8 Å². The molecule has 0 fully saturated rings. The van der Waals surface area contributed by atoms with Crippen molar-refractivity contribution in [2.45, 2.75) is 47.2 Å². The van der Waals surface area contributed by atoms with Gasteiger partial charge in [-0.3, -0.25) is 0 Å². The zero-order valence-electron chi connectivity index (χ0n) is 13.2. The van der Waals surface area contributed by atoms with E-state index in [9.17, 15) is 0 Å². The first-order chi connectivity index (χ1) is 8.25. The summed E-state index contributed by atoms with van der Waals surface area (Å²) in [6, 6.07) is 0. The molecule has 0 aromatic heterocycles. The summed E-state index contributed by atoms with van der Waals surface area (Å²) in [6.45, 7) is 13.5. The van der Waals surface area contributed by atoms with E-state index in [1.54, 1.807) is 23.3 Å². The van der Waals surface area contributed by atoms with Crippen LogP contribution in [0.5, 0.6) is 0 Å². The topological polar surface area (TPSA) is 0 Å². The van der Waals surface area contributed by atoms with Gasteiger partial charge in [0.2, 0.25) is 0 Å². The molecule has 2 aliphatic rings. The van der Waals surface area contributed by atoms with Crippen LogP contribution in [-0.4, -0.2) is 5.43 Å². The third-order valence-electron chi connectivity index (χ3n) is 3.40. The fourth-order valence-electron chi connectivity index (χ4n) is 2.11. The van der Waals surface area contributed by atoms with Crippen LogP contribution in [0.4, 0.5) is 0 Å². The quantitative estimate of drug-likeness (QED) is 0.379. The summed E-state index contributed by atoms with van der Waals surface area (Å²) < 4.78 is 0. The summed E-state index contributed by atoms with van der Waals surface area (Å²) in [5.41, 5.74) is 5.99. The molecule has 4 heteroatoms. The van der Waals surface area contributed by atoms with E-state index in [4.69, 9.17) is 0 Å². The first kappa shape index (κ1) is 22.9. The minimum Gasteiger partial charge on any atom is -1.00 e. The molecule has 2 rings (SSSR count). The van der Waals surface area contributed by atoms with E-state index in [1.807, 2.05) is 0 Å². The molecular formula is C16H23Cl2SiZr-. The zero-order chi connectivity index (χ0) is 13.9. The first-order valence-electron chi connectivity index (χ1n) is 6.47. The zero-order valence-corrected chi connectivity index (χ0v) is 18.2. The molecule has 0 saturated heterocycles. The van der Waals surface area contributed by atoms with Gasteiger partial charge >= 0.3 is 41.9 Å². The van der Waals surface area contributed by atoms with Crippen molar-refractivity contribution < 1.29 is 48.1 Å². The maximum Gasteiger partial charge on any atom is -1.00 e. The Morgan fingerprint density at radius 3 is 2.00 bits per heavy atom. The molecule has 110 valence electrons. The molecular weight excluding hydrogens is 382 g/mol. The maximum absolute atomic E-state index is 3.61. The second-order valence-electron chi connectivity index (χ2n) is 5.70. The largest absolute Gasteiger partial charge is 1.00 e. The van der Waals surface area contributed by atoms with Crippen LogP contribution in [-0.2, 0) is 23.3 Å². The number of allylic oxidation sites excluding steroid dienone is 8. The van der Waals surface area contributed by atoms with Gasteiger partial charge in [0.05, 0.1) is 0 Å². The van der Waals surface area contributed by atoms with Crippen LogP contribution in [0.15, 0.2) is 40.5 Å². The van der Waals surface area contributed by atoms with Crippen molar-refractivity contribution in [3.05, 3.63) is 46.6 Å². The van der Waals surface area contributed by atoms with Crippen LogP contribution in [0.1, 0.15) is 34.1 Å². The predicted molar refractivity (Wildman–Crippen MR) is 78.2 cm³/mol.